The van der Waals surface area contributed by atoms with Gasteiger partial charge in [0.25, 0.3) is 0 Å². The lowest BCUT2D eigenvalue weighted by Crippen LogP contribution is -2.30. The molecule has 0 spiro atoms. The van der Waals surface area contributed by atoms with E-state index < -0.39 is 6.10 Å². The summed E-state index contributed by atoms with van der Waals surface area (Å²) in [5.74, 6) is -0.0438. The molecular weight excluding hydrogens is 330 g/mol. The average Bonchev–Trinajstić information content (AvgIpc) is 2.66. The second-order valence-corrected chi connectivity index (χ2v) is 6.89. The number of ether oxygens (including phenoxy) is 1. The van der Waals surface area contributed by atoms with E-state index in [1.807, 2.05) is 0 Å². The topological polar surface area (TPSA) is 76.0 Å². The predicted octanol–water partition coefficient (Wildman–Crippen LogP) is 4.59. The minimum atomic E-state index is -0.497. The number of carbonyl (C=O) groups is 2. The van der Waals surface area contributed by atoms with Gasteiger partial charge in [0, 0.05) is 31.7 Å². The van der Waals surface area contributed by atoms with Gasteiger partial charge >= 0.3 is 0 Å². The third-order valence-electron chi connectivity index (χ3n) is 5.41. The van der Waals surface area contributed by atoms with Gasteiger partial charge in [0.05, 0.1) is 11.3 Å². The van der Waals surface area contributed by atoms with Crippen molar-refractivity contribution in [1.29, 1.82) is 0 Å². The smallest absolute Gasteiger partial charge is 0.191 e. The summed E-state index contributed by atoms with van der Waals surface area (Å²) in [6.45, 7) is 5.80. The van der Waals surface area contributed by atoms with Gasteiger partial charge in [0.15, 0.2) is 11.6 Å². The van der Waals surface area contributed by atoms with E-state index in [-0.39, 0.29) is 28.3 Å². The highest BCUT2D eigenvalue weighted by Crippen LogP contribution is 2.41. The van der Waals surface area contributed by atoms with Crippen molar-refractivity contribution in [2.75, 3.05) is 7.11 Å². The van der Waals surface area contributed by atoms with Gasteiger partial charge in [-0.05, 0) is 49.4 Å². The standard InChI is InChI=1S/C21H27NO4/c1-5-21(6-2)11-18(23)17(19(24)12-21)13-22-16-9-7-15(8-10-16)20(25)14(3)26-4/h7-10,13-14,23H,5-6,11-12H2,1-4H3. The van der Waals surface area contributed by atoms with Crippen molar-refractivity contribution in [2.45, 2.75) is 52.6 Å². The summed E-state index contributed by atoms with van der Waals surface area (Å²) >= 11 is 0. The minimum Gasteiger partial charge on any atom is -0.511 e. The molecule has 0 radical (unpaired) electrons. The number of ketones is 2. The number of Topliss-reactive ketones (excluding diaryl/α,β-unsaturated/α-hetero) is 2. The summed E-state index contributed by atoms with van der Waals surface area (Å²) in [4.78, 5) is 28.8. The van der Waals surface area contributed by atoms with Crippen LogP contribution in [0.25, 0.3) is 0 Å². The zero-order valence-electron chi connectivity index (χ0n) is 15.9. The first-order valence-electron chi connectivity index (χ1n) is 9.02. The van der Waals surface area contributed by atoms with E-state index in [0.29, 0.717) is 24.1 Å². The number of aliphatic imine (C=N–C) groups is 1. The summed E-state index contributed by atoms with van der Waals surface area (Å²) in [5.41, 5.74) is 1.31. The molecule has 0 heterocycles. The summed E-state index contributed by atoms with van der Waals surface area (Å²) in [5, 5.41) is 10.3. The number of hydrogen-bond acceptors (Lipinski definition) is 5. The molecule has 0 bridgehead atoms. The van der Waals surface area contributed by atoms with E-state index in [4.69, 9.17) is 4.74 Å². The highest BCUT2D eigenvalue weighted by atomic mass is 16.5. The Balaban J connectivity index is 2.17. The molecule has 0 aliphatic heterocycles. The third-order valence-corrected chi connectivity index (χ3v) is 5.41. The van der Waals surface area contributed by atoms with Gasteiger partial charge in [0.1, 0.15) is 11.9 Å². The van der Waals surface area contributed by atoms with E-state index in [2.05, 4.69) is 18.8 Å². The summed E-state index contributed by atoms with van der Waals surface area (Å²) < 4.78 is 5.03. The number of nitrogens with zero attached hydrogens (tertiary/aromatic N) is 1. The van der Waals surface area contributed by atoms with Crippen LogP contribution in [-0.4, -0.2) is 36.1 Å². The molecular formula is C21H27NO4. The molecule has 1 aliphatic rings. The van der Waals surface area contributed by atoms with E-state index >= 15 is 0 Å². The number of methoxy groups -OCH3 is 1. The lowest BCUT2D eigenvalue weighted by Gasteiger charge is -2.34. The van der Waals surface area contributed by atoms with E-state index in [1.54, 1.807) is 31.2 Å². The molecule has 0 amide bonds. The summed E-state index contributed by atoms with van der Waals surface area (Å²) in [6, 6.07) is 6.78. The molecule has 1 aromatic carbocycles. The minimum absolute atomic E-state index is 0.0677. The first kappa shape index (κ1) is 20.0. The van der Waals surface area contributed by atoms with Crippen molar-refractivity contribution in [3.8, 4) is 0 Å². The van der Waals surface area contributed by atoms with Crippen LogP contribution in [0.15, 0.2) is 40.6 Å². The summed E-state index contributed by atoms with van der Waals surface area (Å²) in [6.07, 6.45) is 3.60. The maximum Gasteiger partial charge on any atom is 0.191 e. The quantitative estimate of drug-likeness (QED) is 0.572. The number of aliphatic hydroxyl groups is 1. The molecule has 140 valence electrons. The van der Waals surface area contributed by atoms with Crippen LogP contribution < -0.4 is 0 Å². The Bertz CT molecular complexity index is 727. The van der Waals surface area contributed by atoms with Crippen molar-refractivity contribution >= 4 is 23.5 Å². The Morgan fingerprint density at radius 3 is 2.38 bits per heavy atom. The monoisotopic (exact) mass is 357 g/mol. The lowest BCUT2D eigenvalue weighted by molar-refractivity contribution is -0.118. The first-order chi connectivity index (χ1) is 12.4. The largest absolute Gasteiger partial charge is 0.511 e. The Kier molecular flexibility index (Phi) is 6.48. The molecule has 2 rings (SSSR count). The molecule has 1 aromatic rings. The first-order valence-corrected chi connectivity index (χ1v) is 9.02. The van der Waals surface area contributed by atoms with Crippen molar-refractivity contribution in [3.63, 3.8) is 0 Å². The second-order valence-electron chi connectivity index (χ2n) is 6.89. The lowest BCUT2D eigenvalue weighted by atomic mass is 9.70. The van der Waals surface area contributed by atoms with E-state index in [0.717, 1.165) is 12.8 Å². The van der Waals surface area contributed by atoms with Crippen molar-refractivity contribution in [2.24, 2.45) is 10.4 Å². The van der Waals surface area contributed by atoms with Crippen LogP contribution in [0.3, 0.4) is 0 Å². The molecule has 5 heteroatoms. The van der Waals surface area contributed by atoms with E-state index in [9.17, 15) is 14.7 Å². The highest BCUT2D eigenvalue weighted by Gasteiger charge is 2.36. The average molecular weight is 357 g/mol. The van der Waals surface area contributed by atoms with Gasteiger partial charge in [-0.2, -0.15) is 0 Å². The van der Waals surface area contributed by atoms with Crippen molar-refractivity contribution < 1.29 is 19.4 Å². The molecule has 5 nitrogen and oxygen atoms in total. The number of hydrogen-bond donors (Lipinski definition) is 1. The number of rotatable bonds is 7. The predicted molar refractivity (Wildman–Crippen MR) is 102 cm³/mol. The number of carbonyl (C=O) groups excluding carboxylic acids is 2. The third kappa shape index (κ3) is 4.28. The fourth-order valence-corrected chi connectivity index (χ4v) is 3.20. The molecule has 26 heavy (non-hydrogen) atoms. The zero-order valence-corrected chi connectivity index (χ0v) is 15.9. The van der Waals surface area contributed by atoms with Gasteiger partial charge in [-0.15, -0.1) is 0 Å². The molecule has 1 N–H and O–H groups in total. The molecule has 0 aromatic heterocycles. The fraction of sp³-hybridized carbons (Fsp3) is 0.476. The SMILES string of the molecule is CCC1(CC)CC(=O)C(C=Nc2ccc(C(=O)C(C)OC)cc2)=C(O)C1. The van der Waals surface area contributed by atoms with Crippen LogP contribution >= 0.6 is 0 Å². The van der Waals surface area contributed by atoms with Crippen molar-refractivity contribution in [1.82, 2.24) is 0 Å². The Morgan fingerprint density at radius 1 is 1.27 bits per heavy atom. The van der Waals surface area contributed by atoms with Crippen LogP contribution in [0.1, 0.15) is 56.8 Å². The van der Waals surface area contributed by atoms with Crippen molar-refractivity contribution in [3.05, 3.63) is 41.2 Å². The second kappa shape index (κ2) is 8.41. The number of aliphatic hydroxyl groups excluding tert-OH is 1. The van der Waals surface area contributed by atoms with Gasteiger partial charge in [-0.25, -0.2) is 0 Å². The van der Waals surface area contributed by atoms with Gasteiger partial charge in [0.2, 0.25) is 0 Å². The molecule has 1 atom stereocenters. The van der Waals surface area contributed by atoms with Crippen LogP contribution in [-0.2, 0) is 9.53 Å². The molecule has 0 saturated carbocycles. The normalized spacial score (nSPS) is 18.4. The van der Waals surface area contributed by atoms with Crippen LogP contribution in [0, 0.1) is 5.41 Å². The molecule has 1 unspecified atom stereocenters. The zero-order chi connectivity index (χ0) is 19.3. The Morgan fingerprint density at radius 2 is 1.88 bits per heavy atom. The van der Waals surface area contributed by atoms with Gasteiger partial charge < -0.3 is 9.84 Å². The number of allylic oxidation sites excluding steroid dienone is 2. The molecule has 1 aliphatic carbocycles. The maximum atomic E-state index is 12.4. The highest BCUT2D eigenvalue weighted by molar-refractivity contribution is 6.15. The van der Waals surface area contributed by atoms with Crippen LogP contribution in [0.5, 0.6) is 0 Å². The van der Waals surface area contributed by atoms with Gasteiger partial charge in [-0.1, -0.05) is 13.8 Å². The van der Waals surface area contributed by atoms with E-state index in [1.165, 1.54) is 13.3 Å². The molecule has 0 fully saturated rings. The Hall–Kier alpha value is -2.27. The van der Waals surface area contributed by atoms with Crippen LogP contribution in [0.2, 0.25) is 0 Å². The number of benzene rings is 1. The Labute approximate surface area is 154 Å². The fourth-order valence-electron chi connectivity index (χ4n) is 3.20. The van der Waals surface area contributed by atoms with Crippen LogP contribution in [0.4, 0.5) is 5.69 Å². The van der Waals surface area contributed by atoms with Gasteiger partial charge in [-0.3, -0.25) is 14.6 Å². The molecule has 0 saturated heterocycles. The maximum absolute atomic E-state index is 12.4. The summed E-state index contributed by atoms with van der Waals surface area (Å²) in [7, 11) is 1.49.